The van der Waals surface area contributed by atoms with Gasteiger partial charge in [-0.25, -0.2) is 0 Å². The molecule has 0 radical (unpaired) electrons. The predicted molar refractivity (Wildman–Crippen MR) is 97.6 cm³/mol. The fourth-order valence-electron chi connectivity index (χ4n) is 3.44. The van der Waals surface area contributed by atoms with Gasteiger partial charge in [0.1, 0.15) is 0 Å². The van der Waals surface area contributed by atoms with Gasteiger partial charge in [-0.05, 0) is 31.0 Å². The Kier molecular flexibility index (Phi) is 6.24. The monoisotopic (exact) mass is 351 g/mol. The first-order valence-corrected chi connectivity index (χ1v) is 8.50. The summed E-state index contributed by atoms with van der Waals surface area (Å²) in [4.78, 5) is 28.8. The number of carbonyl (C=O) groups is 2. The van der Waals surface area contributed by atoms with Gasteiger partial charge in [0, 0.05) is 44.3 Å². The van der Waals surface area contributed by atoms with Crippen LogP contribution in [0.25, 0.3) is 0 Å². The largest absolute Gasteiger partial charge is 0.337 e. The third-order valence-corrected chi connectivity index (χ3v) is 4.91. The zero-order valence-electron chi connectivity index (χ0n) is 14.3. The number of hydrogen-bond acceptors (Lipinski definition) is 3. The molecule has 1 aromatic carbocycles. The van der Waals surface area contributed by atoms with Crippen LogP contribution < -0.4 is 10.2 Å². The zero-order chi connectivity index (χ0) is 16.4. The standard InChI is InChI=1S/C18H25N3O2.ClH/c1-3-14-4-6-16(7-5-14)21-12-15(10-17(21)22)18(23)20-9-8-19-11-13(20)2;/h4-7,13,15,19H,3,8-12H2,1-2H3;1H/t13-,15?;/m1./s1. The lowest BCUT2D eigenvalue weighted by atomic mass is 10.0. The van der Waals surface area contributed by atoms with Gasteiger partial charge in [0.25, 0.3) is 0 Å². The van der Waals surface area contributed by atoms with Crippen molar-refractivity contribution >= 4 is 29.9 Å². The Hall–Kier alpha value is -1.59. The molecule has 2 saturated heterocycles. The second kappa shape index (κ2) is 7.99. The minimum absolute atomic E-state index is 0. The van der Waals surface area contributed by atoms with Crippen LogP contribution in [0.5, 0.6) is 0 Å². The van der Waals surface area contributed by atoms with E-state index in [4.69, 9.17) is 0 Å². The number of aryl methyl sites for hydroxylation is 1. The predicted octanol–water partition coefficient (Wildman–Crippen LogP) is 1.84. The molecular weight excluding hydrogens is 326 g/mol. The van der Waals surface area contributed by atoms with E-state index in [9.17, 15) is 9.59 Å². The topological polar surface area (TPSA) is 52.7 Å². The fraction of sp³-hybridized carbons (Fsp3) is 0.556. The average molecular weight is 352 g/mol. The van der Waals surface area contributed by atoms with Gasteiger partial charge in [0.05, 0.1) is 5.92 Å². The molecule has 0 saturated carbocycles. The van der Waals surface area contributed by atoms with Gasteiger partial charge in [-0.15, -0.1) is 12.4 Å². The Morgan fingerprint density at radius 1 is 1.29 bits per heavy atom. The van der Waals surface area contributed by atoms with Crippen molar-refractivity contribution in [2.24, 2.45) is 5.92 Å². The van der Waals surface area contributed by atoms with Crippen LogP contribution in [0, 0.1) is 5.92 Å². The van der Waals surface area contributed by atoms with Gasteiger partial charge < -0.3 is 15.1 Å². The van der Waals surface area contributed by atoms with E-state index < -0.39 is 0 Å². The van der Waals surface area contributed by atoms with E-state index in [-0.39, 0.29) is 36.2 Å². The molecule has 1 aromatic rings. The number of piperazine rings is 1. The maximum absolute atomic E-state index is 12.8. The summed E-state index contributed by atoms with van der Waals surface area (Å²) >= 11 is 0. The van der Waals surface area contributed by atoms with Crippen molar-refractivity contribution in [3.05, 3.63) is 29.8 Å². The number of nitrogens with one attached hydrogen (secondary N) is 1. The van der Waals surface area contributed by atoms with Crippen LogP contribution in [0.15, 0.2) is 24.3 Å². The van der Waals surface area contributed by atoms with E-state index in [0.29, 0.717) is 13.0 Å². The smallest absolute Gasteiger partial charge is 0.228 e. The summed E-state index contributed by atoms with van der Waals surface area (Å²) in [6.45, 7) is 7.06. The molecule has 0 bridgehead atoms. The number of carbonyl (C=O) groups excluding carboxylic acids is 2. The van der Waals surface area contributed by atoms with Crippen molar-refractivity contribution in [2.75, 3.05) is 31.1 Å². The van der Waals surface area contributed by atoms with Crippen LogP contribution in [0.4, 0.5) is 5.69 Å². The normalized spacial score (nSPS) is 24.0. The van der Waals surface area contributed by atoms with E-state index >= 15 is 0 Å². The lowest BCUT2D eigenvalue weighted by molar-refractivity contribution is -0.138. The number of benzene rings is 1. The first-order chi connectivity index (χ1) is 11.1. The van der Waals surface area contributed by atoms with Gasteiger partial charge in [-0.1, -0.05) is 19.1 Å². The van der Waals surface area contributed by atoms with Crippen molar-refractivity contribution in [3.8, 4) is 0 Å². The van der Waals surface area contributed by atoms with E-state index in [0.717, 1.165) is 31.7 Å². The summed E-state index contributed by atoms with van der Waals surface area (Å²) in [5.74, 6) is -0.0377. The van der Waals surface area contributed by atoms with Gasteiger partial charge >= 0.3 is 0 Å². The number of rotatable bonds is 3. The molecule has 1 N–H and O–H groups in total. The molecular formula is C18H26ClN3O2. The van der Waals surface area contributed by atoms with Crippen molar-refractivity contribution in [1.82, 2.24) is 10.2 Å². The molecule has 3 rings (SSSR count). The molecule has 24 heavy (non-hydrogen) atoms. The molecule has 1 unspecified atom stereocenters. The molecule has 2 fully saturated rings. The number of amides is 2. The molecule has 0 aromatic heterocycles. The Morgan fingerprint density at radius 2 is 2.00 bits per heavy atom. The Labute approximate surface area is 149 Å². The molecule has 5 nitrogen and oxygen atoms in total. The Morgan fingerprint density at radius 3 is 2.62 bits per heavy atom. The van der Waals surface area contributed by atoms with Crippen LogP contribution in [0.2, 0.25) is 0 Å². The van der Waals surface area contributed by atoms with E-state index in [1.54, 1.807) is 4.90 Å². The highest BCUT2D eigenvalue weighted by molar-refractivity contribution is 6.00. The van der Waals surface area contributed by atoms with Gasteiger partial charge in [0.2, 0.25) is 11.8 Å². The molecule has 0 aliphatic carbocycles. The molecule has 2 amide bonds. The third-order valence-electron chi connectivity index (χ3n) is 4.91. The van der Waals surface area contributed by atoms with Gasteiger partial charge in [-0.2, -0.15) is 0 Å². The third kappa shape index (κ3) is 3.73. The fourth-order valence-corrected chi connectivity index (χ4v) is 3.44. The van der Waals surface area contributed by atoms with Crippen molar-refractivity contribution in [3.63, 3.8) is 0 Å². The van der Waals surface area contributed by atoms with Gasteiger partial charge in [-0.3, -0.25) is 9.59 Å². The highest BCUT2D eigenvalue weighted by atomic mass is 35.5. The minimum Gasteiger partial charge on any atom is -0.337 e. The molecule has 6 heteroatoms. The first kappa shape index (κ1) is 18.7. The molecule has 2 atom stereocenters. The van der Waals surface area contributed by atoms with E-state index in [1.165, 1.54) is 5.56 Å². The van der Waals surface area contributed by atoms with E-state index in [1.807, 2.05) is 17.0 Å². The summed E-state index contributed by atoms with van der Waals surface area (Å²) in [6.07, 6.45) is 1.31. The quantitative estimate of drug-likeness (QED) is 0.904. The highest BCUT2D eigenvalue weighted by Gasteiger charge is 2.38. The van der Waals surface area contributed by atoms with Gasteiger partial charge in [0.15, 0.2) is 0 Å². The zero-order valence-corrected chi connectivity index (χ0v) is 15.1. The van der Waals surface area contributed by atoms with Crippen LogP contribution in [0.1, 0.15) is 25.8 Å². The minimum atomic E-state index is -0.214. The number of hydrogen-bond donors (Lipinski definition) is 1. The SMILES string of the molecule is CCc1ccc(N2CC(C(=O)N3CCNC[C@H]3C)CC2=O)cc1.Cl. The average Bonchev–Trinajstić information content (AvgIpc) is 2.96. The number of anilines is 1. The first-order valence-electron chi connectivity index (χ1n) is 8.50. The summed E-state index contributed by atoms with van der Waals surface area (Å²) in [5, 5.41) is 3.29. The maximum atomic E-state index is 12.8. The summed E-state index contributed by atoms with van der Waals surface area (Å²) < 4.78 is 0. The second-order valence-corrected chi connectivity index (χ2v) is 6.51. The molecule has 2 aliphatic rings. The Bertz CT molecular complexity index is 590. The van der Waals surface area contributed by atoms with Crippen LogP contribution in [-0.2, 0) is 16.0 Å². The van der Waals surface area contributed by atoms with Crippen molar-refractivity contribution in [2.45, 2.75) is 32.7 Å². The van der Waals surface area contributed by atoms with Crippen molar-refractivity contribution in [1.29, 1.82) is 0 Å². The maximum Gasteiger partial charge on any atom is 0.228 e. The summed E-state index contributed by atoms with van der Waals surface area (Å²) in [6, 6.07) is 8.27. The van der Waals surface area contributed by atoms with Crippen molar-refractivity contribution < 1.29 is 9.59 Å². The second-order valence-electron chi connectivity index (χ2n) is 6.51. The molecule has 0 spiro atoms. The van der Waals surface area contributed by atoms with Crippen LogP contribution in [-0.4, -0.2) is 48.9 Å². The Balaban J connectivity index is 0.00000208. The summed E-state index contributed by atoms with van der Waals surface area (Å²) in [7, 11) is 0. The highest BCUT2D eigenvalue weighted by Crippen LogP contribution is 2.27. The lowest BCUT2D eigenvalue weighted by Crippen LogP contribution is -2.54. The van der Waals surface area contributed by atoms with Crippen LogP contribution >= 0.6 is 12.4 Å². The summed E-state index contributed by atoms with van der Waals surface area (Å²) in [5.41, 5.74) is 2.15. The van der Waals surface area contributed by atoms with E-state index in [2.05, 4.69) is 31.3 Å². The molecule has 2 aliphatic heterocycles. The number of nitrogens with zero attached hydrogens (tertiary/aromatic N) is 2. The molecule has 132 valence electrons. The van der Waals surface area contributed by atoms with Crippen LogP contribution in [0.3, 0.4) is 0 Å². The number of halogens is 1. The lowest BCUT2D eigenvalue weighted by Gasteiger charge is -2.35. The molecule has 2 heterocycles.